The van der Waals surface area contributed by atoms with Crippen LogP contribution in [-0.4, -0.2) is 26.2 Å². The molecule has 0 spiro atoms. The molecule has 0 bridgehead atoms. The van der Waals surface area contributed by atoms with Crippen LogP contribution in [0.2, 0.25) is 0 Å². The highest BCUT2D eigenvalue weighted by Crippen LogP contribution is 2.11. The summed E-state index contributed by atoms with van der Waals surface area (Å²) in [6, 6.07) is 0. The molecule has 1 aliphatic heterocycles. The van der Waals surface area contributed by atoms with Gasteiger partial charge in [0, 0.05) is 18.7 Å². The average molecular weight is 145 g/mol. The molecule has 0 amide bonds. The second-order valence-corrected chi connectivity index (χ2v) is 2.01. The monoisotopic (exact) mass is 145 g/mol. The molecule has 0 aromatic carbocycles. The lowest BCUT2D eigenvalue weighted by Gasteiger charge is -2.18. The summed E-state index contributed by atoms with van der Waals surface area (Å²) < 4.78 is 16.8. The standard InChI is InChI=1S/C6H8FNO2/c1-10-6(9)5(7)4-2-8-3-4/h8H,2-3H2,1H3. The van der Waals surface area contributed by atoms with Crippen molar-refractivity contribution in [3.8, 4) is 0 Å². The van der Waals surface area contributed by atoms with Crippen LogP contribution in [-0.2, 0) is 9.53 Å². The molecule has 3 nitrogen and oxygen atoms in total. The number of hydrogen-bond donors (Lipinski definition) is 1. The van der Waals surface area contributed by atoms with Gasteiger partial charge < -0.3 is 10.1 Å². The third-order valence-electron chi connectivity index (χ3n) is 1.35. The number of hydrogen-bond acceptors (Lipinski definition) is 3. The van der Waals surface area contributed by atoms with Crippen molar-refractivity contribution in [3.63, 3.8) is 0 Å². The summed E-state index contributed by atoms with van der Waals surface area (Å²) in [7, 11) is 1.16. The molecule has 0 radical (unpaired) electrons. The Kier molecular flexibility index (Phi) is 2.01. The van der Waals surface area contributed by atoms with Crippen molar-refractivity contribution in [1.82, 2.24) is 5.32 Å². The first-order valence-electron chi connectivity index (χ1n) is 2.92. The van der Waals surface area contributed by atoms with Crippen LogP contribution in [0.3, 0.4) is 0 Å². The Morgan fingerprint density at radius 3 is 2.60 bits per heavy atom. The predicted octanol–water partition coefficient (Wildman–Crippen LogP) is -0.0138. The Balaban J connectivity index is 2.61. The largest absolute Gasteiger partial charge is 0.464 e. The molecule has 1 rings (SSSR count). The molecule has 56 valence electrons. The molecule has 1 N–H and O–H groups in total. The van der Waals surface area contributed by atoms with Crippen molar-refractivity contribution in [1.29, 1.82) is 0 Å². The fraction of sp³-hybridized carbons (Fsp3) is 0.500. The van der Waals surface area contributed by atoms with Crippen molar-refractivity contribution < 1.29 is 13.9 Å². The van der Waals surface area contributed by atoms with Crippen molar-refractivity contribution in [2.45, 2.75) is 0 Å². The van der Waals surface area contributed by atoms with Crippen LogP contribution in [0.1, 0.15) is 0 Å². The van der Waals surface area contributed by atoms with Gasteiger partial charge in [-0.25, -0.2) is 4.79 Å². The normalized spacial score (nSPS) is 16.0. The number of carbonyl (C=O) groups is 1. The summed E-state index contributed by atoms with van der Waals surface area (Å²) in [5, 5.41) is 2.82. The van der Waals surface area contributed by atoms with Gasteiger partial charge in [0.15, 0.2) is 0 Å². The van der Waals surface area contributed by atoms with Gasteiger partial charge in [0.05, 0.1) is 7.11 Å². The maximum Gasteiger partial charge on any atom is 0.366 e. The molecule has 0 saturated carbocycles. The fourth-order valence-electron chi connectivity index (χ4n) is 0.639. The van der Waals surface area contributed by atoms with E-state index in [1.807, 2.05) is 0 Å². The van der Waals surface area contributed by atoms with Gasteiger partial charge in [-0.3, -0.25) is 0 Å². The molecule has 1 heterocycles. The fourth-order valence-corrected chi connectivity index (χ4v) is 0.639. The summed E-state index contributed by atoms with van der Waals surface area (Å²) in [4.78, 5) is 10.5. The summed E-state index contributed by atoms with van der Waals surface area (Å²) in [5.74, 6) is -1.63. The van der Waals surface area contributed by atoms with E-state index >= 15 is 0 Å². The molecule has 4 heteroatoms. The van der Waals surface area contributed by atoms with Crippen LogP contribution in [0, 0.1) is 0 Å². The lowest BCUT2D eigenvalue weighted by molar-refractivity contribution is -0.137. The average Bonchev–Trinajstić information content (AvgIpc) is 1.82. The van der Waals surface area contributed by atoms with E-state index in [0.717, 1.165) is 7.11 Å². The second kappa shape index (κ2) is 2.79. The molecule has 0 aromatic rings. The van der Waals surface area contributed by atoms with Crippen molar-refractivity contribution in [3.05, 3.63) is 11.4 Å². The first-order valence-corrected chi connectivity index (χ1v) is 2.92. The zero-order valence-electron chi connectivity index (χ0n) is 5.61. The molecular formula is C6H8FNO2. The molecular weight excluding hydrogens is 137 g/mol. The topological polar surface area (TPSA) is 38.3 Å². The van der Waals surface area contributed by atoms with E-state index in [1.165, 1.54) is 0 Å². The van der Waals surface area contributed by atoms with Crippen molar-refractivity contribution >= 4 is 5.97 Å². The van der Waals surface area contributed by atoms with E-state index in [1.54, 1.807) is 0 Å². The number of halogens is 1. The van der Waals surface area contributed by atoms with E-state index in [9.17, 15) is 9.18 Å². The minimum Gasteiger partial charge on any atom is -0.464 e. The maximum atomic E-state index is 12.6. The number of esters is 1. The predicted molar refractivity (Wildman–Crippen MR) is 33.0 cm³/mol. The zero-order valence-corrected chi connectivity index (χ0v) is 5.61. The zero-order chi connectivity index (χ0) is 7.56. The summed E-state index contributed by atoms with van der Waals surface area (Å²) in [5.41, 5.74) is 0.492. The third-order valence-corrected chi connectivity index (χ3v) is 1.35. The van der Waals surface area contributed by atoms with E-state index in [4.69, 9.17) is 0 Å². The first kappa shape index (κ1) is 7.21. The summed E-state index contributed by atoms with van der Waals surface area (Å²) >= 11 is 0. The van der Waals surface area contributed by atoms with Crippen LogP contribution in [0.5, 0.6) is 0 Å². The van der Waals surface area contributed by atoms with Gasteiger partial charge in [-0.2, -0.15) is 4.39 Å². The summed E-state index contributed by atoms with van der Waals surface area (Å²) in [6.45, 7) is 0.919. The van der Waals surface area contributed by atoms with E-state index in [2.05, 4.69) is 10.1 Å². The smallest absolute Gasteiger partial charge is 0.366 e. The number of rotatable bonds is 1. The molecule has 1 saturated heterocycles. The van der Waals surface area contributed by atoms with Gasteiger partial charge in [0.1, 0.15) is 0 Å². The van der Waals surface area contributed by atoms with Crippen LogP contribution < -0.4 is 5.32 Å². The highest BCUT2D eigenvalue weighted by Gasteiger charge is 2.19. The van der Waals surface area contributed by atoms with Crippen LogP contribution in [0.4, 0.5) is 4.39 Å². The number of carbonyl (C=O) groups excluding carboxylic acids is 1. The lowest BCUT2D eigenvalue weighted by Crippen LogP contribution is -2.35. The highest BCUT2D eigenvalue weighted by molar-refractivity contribution is 5.87. The molecule has 1 fully saturated rings. The Labute approximate surface area is 57.9 Å². The number of ether oxygens (including phenoxy) is 1. The summed E-state index contributed by atoms with van der Waals surface area (Å²) in [6.07, 6.45) is 0. The van der Waals surface area contributed by atoms with Gasteiger partial charge in [-0.1, -0.05) is 0 Å². The SMILES string of the molecule is COC(=O)C(F)=C1CNC1. The Bertz CT molecular complexity index is 182. The lowest BCUT2D eigenvalue weighted by atomic mass is 10.1. The van der Waals surface area contributed by atoms with Gasteiger partial charge >= 0.3 is 5.97 Å². The molecule has 0 aromatic heterocycles. The minimum absolute atomic E-state index is 0.459. The minimum atomic E-state index is -0.878. The highest BCUT2D eigenvalue weighted by atomic mass is 19.1. The van der Waals surface area contributed by atoms with Gasteiger partial charge in [0.25, 0.3) is 0 Å². The van der Waals surface area contributed by atoms with Crippen LogP contribution in [0.15, 0.2) is 11.4 Å². The van der Waals surface area contributed by atoms with Crippen molar-refractivity contribution in [2.75, 3.05) is 20.2 Å². The molecule has 1 aliphatic rings. The Morgan fingerprint density at radius 1 is 1.70 bits per heavy atom. The number of nitrogens with one attached hydrogen (secondary N) is 1. The molecule has 0 unspecified atom stereocenters. The van der Waals surface area contributed by atoms with Crippen LogP contribution in [0.25, 0.3) is 0 Å². The van der Waals surface area contributed by atoms with E-state index < -0.39 is 11.8 Å². The second-order valence-electron chi connectivity index (χ2n) is 2.01. The van der Waals surface area contributed by atoms with E-state index in [0.29, 0.717) is 18.7 Å². The van der Waals surface area contributed by atoms with E-state index in [-0.39, 0.29) is 0 Å². The van der Waals surface area contributed by atoms with Gasteiger partial charge in [0.2, 0.25) is 5.83 Å². The molecule has 0 aliphatic carbocycles. The third kappa shape index (κ3) is 1.16. The van der Waals surface area contributed by atoms with Crippen molar-refractivity contribution in [2.24, 2.45) is 0 Å². The molecule has 10 heavy (non-hydrogen) atoms. The first-order chi connectivity index (χ1) is 4.75. The van der Waals surface area contributed by atoms with Gasteiger partial charge in [-0.05, 0) is 0 Å². The number of methoxy groups -OCH3 is 1. The quantitative estimate of drug-likeness (QED) is 0.416. The Morgan fingerprint density at radius 2 is 2.30 bits per heavy atom. The maximum absolute atomic E-state index is 12.6. The van der Waals surface area contributed by atoms with Crippen LogP contribution >= 0.6 is 0 Å². The molecule has 0 atom stereocenters. The Hall–Kier alpha value is -0.900. The van der Waals surface area contributed by atoms with Gasteiger partial charge in [-0.15, -0.1) is 0 Å².